The van der Waals surface area contributed by atoms with Crippen LogP contribution in [0.5, 0.6) is 11.5 Å². The molecule has 0 saturated heterocycles. The molecule has 3 amide bonds. The van der Waals surface area contributed by atoms with Gasteiger partial charge in [0.1, 0.15) is 23.4 Å². The maximum atomic E-state index is 13.4. The third-order valence-electron chi connectivity index (χ3n) is 5.98. The number of amidine groups is 2. The van der Waals surface area contributed by atoms with Crippen LogP contribution in [0.15, 0.2) is 70.0 Å². The van der Waals surface area contributed by atoms with Crippen LogP contribution in [0.3, 0.4) is 0 Å². The molecule has 2 aromatic carbocycles. The van der Waals surface area contributed by atoms with E-state index in [1.54, 1.807) is 29.5 Å². The molecule has 2 aliphatic heterocycles. The molecule has 2 N–H and O–H groups in total. The van der Waals surface area contributed by atoms with Crippen molar-refractivity contribution in [3.8, 4) is 11.5 Å². The number of benzene rings is 2. The Morgan fingerprint density at radius 3 is 2.69 bits per heavy atom. The number of nitrogens with zero attached hydrogens (tertiary/aromatic N) is 3. The molecule has 1 atom stereocenters. The number of hydrogen-bond donors (Lipinski definition) is 2. The molecule has 3 aromatic rings. The summed E-state index contributed by atoms with van der Waals surface area (Å²) in [5.41, 5.74) is 1.80. The van der Waals surface area contributed by atoms with Gasteiger partial charge in [-0.3, -0.25) is 19.4 Å². The number of methoxy groups -OCH3 is 2. The smallest absolute Gasteiger partial charge is 0.259 e. The molecular weight excluding hydrogens is 538 g/mol. The molecule has 2 aliphatic rings. The van der Waals surface area contributed by atoms with Gasteiger partial charge < -0.3 is 20.1 Å². The monoisotopic (exact) mass is 563 g/mol. The van der Waals surface area contributed by atoms with Crippen LogP contribution in [0.2, 0.25) is 0 Å². The molecular formula is C27H25N5O5S2. The van der Waals surface area contributed by atoms with Crippen molar-refractivity contribution in [2.45, 2.75) is 19.0 Å². The molecule has 3 heterocycles. The van der Waals surface area contributed by atoms with Crippen molar-refractivity contribution in [1.82, 2.24) is 10.2 Å². The number of nitrogens with one attached hydrogen (secondary N) is 2. The number of ether oxygens (including phenoxy) is 2. The Morgan fingerprint density at radius 2 is 1.92 bits per heavy atom. The van der Waals surface area contributed by atoms with Crippen LogP contribution in [0.25, 0.3) is 0 Å². The van der Waals surface area contributed by atoms with Gasteiger partial charge in [-0.25, -0.2) is 9.89 Å². The van der Waals surface area contributed by atoms with E-state index >= 15 is 0 Å². The zero-order valence-corrected chi connectivity index (χ0v) is 22.8. The van der Waals surface area contributed by atoms with E-state index in [1.165, 1.54) is 19.1 Å². The van der Waals surface area contributed by atoms with E-state index in [0.717, 1.165) is 16.6 Å². The summed E-state index contributed by atoms with van der Waals surface area (Å²) in [5.74, 6) is 0.527. The maximum Gasteiger partial charge on any atom is 0.259 e. The molecule has 200 valence electrons. The highest BCUT2D eigenvalue weighted by Crippen LogP contribution is 2.34. The first-order valence-corrected chi connectivity index (χ1v) is 13.9. The number of thioether (sulfide) groups is 1. The third-order valence-corrected chi connectivity index (χ3v) is 7.79. The largest absolute Gasteiger partial charge is 0.497 e. The van der Waals surface area contributed by atoms with E-state index < -0.39 is 6.04 Å². The van der Waals surface area contributed by atoms with Crippen molar-refractivity contribution in [3.63, 3.8) is 0 Å². The quantitative estimate of drug-likeness (QED) is 0.409. The van der Waals surface area contributed by atoms with Crippen molar-refractivity contribution in [3.05, 3.63) is 70.4 Å². The van der Waals surface area contributed by atoms with Gasteiger partial charge in [0.25, 0.3) is 5.91 Å². The lowest BCUT2D eigenvalue weighted by Gasteiger charge is -2.25. The molecule has 39 heavy (non-hydrogen) atoms. The number of rotatable bonds is 9. The number of thiophene rings is 1. The third kappa shape index (κ3) is 5.81. The van der Waals surface area contributed by atoms with Crippen molar-refractivity contribution < 1.29 is 23.9 Å². The summed E-state index contributed by atoms with van der Waals surface area (Å²) in [6.07, 6.45) is -0.0829. The fourth-order valence-corrected chi connectivity index (χ4v) is 5.55. The molecule has 0 unspecified atom stereocenters. The first kappa shape index (κ1) is 26.4. The lowest BCUT2D eigenvalue weighted by Crippen LogP contribution is -2.42. The Labute approximate surface area is 233 Å². The van der Waals surface area contributed by atoms with E-state index in [1.807, 2.05) is 41.8 Å². The molecule has 0 aliphatic carbocycles. The highest BCUT2D eigenvalue weighted by Gasteiger charge is 2.42. The van der Waals surface area contributed by atoms with Gasteiger partial charge in [0, 0.05) is 16.5 Å². The predicted molar refractivity (Wildman–Crippen MR) is 152 cm³/mol. The second-order valence-electron chi connectivity index (χ2n) is 8.52. The Morgan fingerprint density at radius 1 is 1.08 bits per heavy atom. The second kappa shape index (κ2) is 11.7. The Hall–Kier alpha value is -4.16. The van der Waals surface area contributed by atoms with E-state index in [2.05, 4.69) is 20.6 Å². The van der Waals surface area contributed by atoms with Crippen molar-refractivity contribution in [2.24, 2.45) is 9.98 Å². The van der Waals surface area contributed by atoms with Gasteiger partial charge in [-0.1, -0.05) is 30.0 Å². The van der Waals surface area contributed by atoms with Crippen molar-refractivity contribution in [2.75, 3.05) is 25.3 Å². The molecule has 0 saturated carbocycles. The van der Waals surface area contributed by atoms with Crippen LogP contribution in [-0.2, 0) is 20.9 Å². The van der Waals surface area contributed by atoms with Gasteiger partial charge in [0.15, 0.2) is 5.17 Å². The highest BCUT2D eigenvalue weighted by atomic mass is 32.2. The van der Waals surface area contributed by atoms with Crippen LogP contribution in [0.4, 0.5) is 11.4 Å². The summed E-state index contributed by atoms with van der Waals surface area (Å²) in [7, 11) is 3.05. The van der Waals surface area contributed by atoms with Crippen molar-refractivity contribution >= 4 is 63.2 Å². The summed E-state index contributed by atoms with van der Waals surface area (Å²) < 4.78 is 10.6. The van der Waals surface area contributed by atoms with Crippen LogP contribution in [0, 0.1) is 0 Å². The predicted octanol–water partition coefficient (Wildman–Crippen LogP) is 3.80. The number of fused-ring (bicyclic) bond motifs is 3. The lowest BCUT2D eigenvalue weighted by molar-refractivity contribution is -0.128. The zero-order valence-electron chi connectivity index (χ0n) is 21.2. The first-order chi connectivity index (χ1) is 19.0. The van der Waals surface area contributed by atoms with Crippen LogP contribution in [-0.4, -0.2) is 59.6 Å². The fraction of sp³-hybridized carbons (Fsp3) is 0.222. The van der Waals surface area contributed by atoms with Gasteiger partial charge in [-0.15, -0.1) is 11.3 Å². The molecule has 0 spiro atoms. The molecule has 0 radical (unpaired) electrons. The Kier molecular flexibility index (Phi) is 7.94. The van der Waals surface area contributed by atoms with Crippen LogP contribution < -0.4 is 20.1 Å². The summed E-state index contributed by atoms with van der Waals surface area (Å²) in [6, 6.07) is 15.4. The fourth-order valence-electron chi connectivity index (χ4n) is 4.11. The zero-order chi connectivity index (χ0) is 27.4. The van der Waals surface area contributed by atoms with Crippen LogP contribution >= 0.6 is 23.1 Å². The number of para-hydroxylation sites is 1. The maximum absolute atomic E-state index is 13.4. The van der Waals surface area contributed by atoms with Gasteiger partial charge in [-0.2, -0.15) is 0 Å². The van der Waals surface area contributed by atoms with E-state index in [4.69, 9.17) is 9.47 Å². The number of hydrogen-bond acceptors (Lipinski definition) is 9. The minimum absolute atomic E-state index is 0.0234. The molecule has 5 rings (SSSR count). The summed E-state index contributed by atoms with van der Waals surface area (Å²) >= 11 is 2.66. The minimum Gasteiger partial charge on any atom is -0.497 e. The average Bonchev–Trinajstić information content (AvgIpc) is 3.59. The molecule has 0 fully saturated rings. The number of carbonyl (C=O) groups is 3. The molecule has 1 aromatic heterocycles. The number of amides is 3. The highest BCUT2D eigenvalue weighted by molar-refractivity contribution is 8.14. The topological polar surface area (TPSA) is 122 Å². The number of aliphatic imine (C=N–C) groups is 2. The van der Waals surface area contributed by atoms with Crippen LogP contribution in [0.1, 0.15) is 16.9 Å². The molecule has 12 heteroatoms. The van der Waals surface area contributed by atoms with E-state index in [-0.39, 0.29) is 29.9 Å². The SMILES string of the molecule is COc1ccc(OC)c(NC(=O)CSC2=Nc3ccccc3C3=N[C@H](CC(=O)NCc4cccs4)C(=O)N23)c1. The first-order valence-electron chi connectivity index (χ1n) is 12.0. The van der Waals surface area contributed by atoms with Gasteiger partial charge in [-0.05, 0) is 35.7 Å². The number of carbonyl (C=O) groups excluding carboxylic acids is 3. The Bertz CT molecular complexity index is 1470. The van der Waals surface area contributed by atoms with Crippen molar-refractivity contribution in [1.29, 1.82) is 0 Å². The van der Waals surface area contributed by atoms with Gasteiger partial charge in [0.05, 0.1) is 44.3 Å². The molecule has 0 bridgehead atoms. The minimum atomic E-state index is -0.879. The Balaban J connectivity index is 1.29. The van der Waals surface area contributed by atoms with Gasteiger partial charge in [0.2, 0.25) is 11.8 Å². The summed E-state index contributed by atoms with van der Waals surface area (Å²) in [4.78, 5) is 50.6. The molecule has 10 nitrogen and oxygen atoms in total. The summed E-state index contributed by atoms with van der Waals surface area (Å²) in [5, 5.41) is 7.94. The normalized spacial score (nSPS) is 15.6. The van der Waals surface area contributed by atoms with E-state index in [0.29, 0.717) is 46.0 Å². The summed E-state index contributed by atoms with van der Waals surface area (Å²) in [6.45, 7) is 0.399. The average molecular weight is 564 g/mol. The van der Waals surface area contributed by atoms with E-state index in [9.17, 15) is 14.4 Å². The van der Waals surface area contributed by atoms with Gasteiger partial charge >= 0.3 is 0 Å². The second-order valence-corrected chi connectivity index (χ2v) is 10.5. The number of anilines is 1. The lowest BCUT2D eigenvalue weighted by atomic mass is 10.1. The standard InChI is InChI=1S/C27H25N5O5S2/c1-36-16-9-10-22(37-2)20(12-16)29-24(34)15-39-27-31-19-8-4-3-7-18(19)25-30-21(26(35)32(25)27)13-23(33)28-14-17-6-5-11-38-17/h3-12,21H,13-15H2,1-2H3,(H,28,33)(H,29,34)/t21-/m1/s1.